The summed E-state index contributed by atoms with van der Waals surface area (Å²) in [6.45, 7) is 5.00. The van der Waals surface area contributed by atoms with Gasteiger partial charge >= 0.3 is 0 Å². The van der Waals surface area contributed by atoms with Crippen LogP contribution >= 0.6 is 24.4 Å². The first kappa shape index (κ1) is 19.0. The van der Waals surface area contributed by atoms with E-state index in [2.05, 4.69) is 34.2 Å². The van der Waals surface area contributed by atoms with Crippen LogP contribution in [0.2, 0.25) is 0 Å². The fraction of sp³-hybridized carbons (Fsp3) is 0.438. The van der Waals surface area contributed by atoms with Gasteiger partial charge in [0.05, 0.1) is 11.5 Å². The Hall–Kier alpha value is -1.35. The van der Waals surface area contributed by atoms with Crippen LogP contribution in [0.1, 0.15) is 11.1 Å². The lowest BCUT2D eigenvalue weighted by Gasteiger charge is -2.27. The van der Waals surface area contributed by atoms with Crippen LogP contribution in [0.4, 0.5) is 0 Å². The van der Waals surface area contributed by atoms with Crippen LogP contribution in [-0.4, -0.2) is 53.0 Å². The number of carbonyl (C=O) groups is 1. The number of rotatable bonds is 5. The summed E-state index contributed by atoms with van der Waals surface area (Å²) in [7, 11) is 0. The molecule has 1 amide bonds. The molecule has 0 atom stereocenters. The van der Waals surface area contributed by atoms with E-state index in [1.165, 1.54) is 5.56 Å². The van der Waals surface area contributed by atoms with E-state index >= 15 is 0 Å². The molecule has 4 N–H and O–H groups in total. The molecular weight excluding hydrogens is 342 g/mol. The number of hydrogen-bond donors (Lipinski definition) is 5. The van der Waals surface area contributed by atoms with Gasteiger partial charge in [-0.05, 0) is 22.9 Å². The van der Waals surface area contributed by atoms with Gasteiger partial charge in [-0.3, -0.25) is 20.5 Å². The monoisotopic (exact) mass is 365 g/mol. The highest BCUT2D eigenvalue weighted by Gasteiger charge is 2.12. The lowest BCUT2D eigenvalue weighted by molar-refractivity contribution is -0.119. The zero-order chi connectivity index (χ0) is 17.4. The molecule has 2 rings (SSSR count). The van der Waals surface area contributed by atoms with Crippen LogP contribution in [0.25, 0.3) is 0 Å². The van der Waals surface area contributed by atoms with Crippen LogP contribution in [0.5, 0.6) is 0 Å². The highest BCUT2D eigenvalue weighted by Crippen LogP contribution is 2.10. The summed E-state index contributed by atoms with van der Waals surface area (Å²) in [6.07, 6.45) is 0.229. The quantitative estimate of drug-likeness (QED) is 0.309. The molecule has 24 heavy (non-hydrogen) atoms. The van der Waals surface area contributed by atoms with Gasteiger partial charge in [0.2, 0.25) is 5.91 Å². The number of benzene rings is 1. The fourth-order valence-electron chi connectivity index (χ4n) is 2.50. The number of nitrogens with one attached hydrogen (secondary N) is 4. The van der Waals surface area contributed by atoms with Gasteiger partial charge in [-0.15, -0.1) is 0 Å². The average Bonchev–Trinajstić information content (AvgIpc) is 2.55. The molecule has 0 spiro atoms. The number of amides is 1. The van der Waals surface area contributed by atoms with Gasteiger partial charge in [0, 0.05) is 38.5 Å². The summed E-state index contributed by atoms with van der Waals surface area (Å²) in [5, 5.41) is 21.2. The van der Waals surface area contributed by atoms with Gasteiger partial charge in [-0.2, -0.15) is 12.6 Å². The zero-order valence-electron chi connectivity index (χ0n) is 13.5. The van der Waals surface area contributed by atoms with Crippen molar-refractivity contribution in [3.8, 4) is 0 Å². The Labute approximate surface area is 152 Å². The Balaban J connectivity index is 1.85. The Kier molecular flexibility index (Phi) is 7.77. The molecule has 0 unspecified atom stereocenters. The van der Waals surface area contributed by atoms with Gasteiger partial charge in [0.15, 0.2) is 5.17 Å². The molecule has 1 aliphatic rings. The molecule has 130 valence electrons. The van der Waals surface area contributed by atoms with Crippen LogP contribution in [0.3, 0.4) is 0 Å². The Bertz CT molecular complexity index is 602. The van der Waals surface area contributed by atoms with Gasteiger partial charge in [-0.25, -0.2) is 0 Å². The van der Waals surface area contributed by atoms with E-state index in [1.807, 2.05) is 18.2 Å². The first-order valence-corrected chi connectivity index (χ1v) is 9.27. The number of thioether (sulfide) groups is 1. The number of piperazine rings is 1. The van der Waals surface area contributed by atoms with E-state index in [1.54, 1.807) is 0 Å². The first-order valence-electron chi connectivity index (χ1n) is 7.82. The summed E-state index contributed by atoms with van der Waals surface area (Å²) in [5.74, 6) is 0.0237. The van der Waals surface area contributed by atoms with Crippen molar-refractivity contribution in [2.24, 2.45) is 0 Å². The minimum Gasteiger partial charge on any atom is -0.314 e. The zero-order valence-corrected chi connectivity index (χ0v) is 15.2. The Morgan fingerprint density at radius 3 is 2.71 bits per heavy atom. The third-order valence-corrected chi connectivity index (χ3v) is 4.82. The molecule has 0 aromatic heterocycles. The summed E-state index contributed by atoms with van der Waals surface area (Å²) < 4.78 is 0. The molecule has 0 saturated carbocycles. The molecule has 0 radical (unpaired) electrons. The lowest BCUT2D eigenvalue weighted by atomic mass is 10.1. The van der Waals surface area contributed by atoms with Crippen LogP contribution in [-0.2, 0) is 17.8 Å². The predicted molar refractivity (Wildman–Crippen MR) is 103 cm³/mol. The molecule has 1 saturated heterocycles. The Morgan fingerprint density at radius 1 is 1.29 bits per heavy atom. The molecule has 1 fully saturated rings. The normalized spacial score (nSPS) is 15.0. The van der Waals surface area contributed by atoms with Crippen molar-refractivity contribution in [3.63, 3.8) is 0 Å². The van der Waals surface area contributed by atoms with Crippen LogP contribution < -0.4 is 10.6 Å². The average molecular weight is 366 g/mol. The molecule has 0 aliphatic carbocycles. The number of nitrogens with zero attached hydrogens (tertiary/aromatic N) is 1. The Morgan fingerprint density at radius 2 is 2.00 bits per heavy atom. The molecule has 0 bridgehead atoms. The largest absolute Gasteiger partial charge is 0.314 e. The predicted octanol–water partition coefficient (Wildman–Crippen LogP) is 1.33. The van der Waals surface area contributed by atoms with E-state index in [9.17, 15) is 4.79 Å². The summed E-state index contributed by atoms with van der Waals surface area (Å²) in [4.78, 5) is 14.4. The SMILES string of the molecule is N=C(CS)SC(=N)NC(=O)Cc1cccc(CN2CCNCC2)c1. The number of carbonyl (C=O) groups excluding carboxylic acids is 1. The van der Waals surface area contributed by atoms with Crippen molar-refractivity contribution >= 4 is 40.5 Å². The molecule has 1 heterocycles. The first-order chi connectivity index (χ1) is 11.6. The topological polar surface area (TPSA) is 92.1 Å². The fourth-order valence-corrected chi connectivity index (χ4v) is 3.17. The second-order valence-corrected chi connectivity index (χ2v) is 7.00. The van der Waals surface area contributed by atoms with Gasteiger partial charge < -0.3 is 10.6 Å². The van der Waals surface area contributed by atoms with Crippen molar-refractivity contribution in [1.29, 1.82) is 10.8 Å². The molecule has 1 aromatic rings. The maximum Gasteiger partial charge on any atom is 0.230 e. The standard InChI is InChI=1S/C16H23N5OS2/c17-14(11-23)24-16(18)20-15(22)9-12-2-1-3-13(8-12)10-21-6-4-19-5-7-21/h1-3,8,17,19,23H,4-7,9-11H2,(H2,18,20,22). The molecule has 1 aliphatic heterocycles. The molecule has 1 aromatic carbocycles. The third kappa shape index (κ3) is 6.64. The van der Waals surface area contributed by atoms with E-state index in [-0.39, 0.29) is 28.3 Å². The van der Waals surface area contributed by atoms with Gasteiger partial charge in [0.1, 0.15) is 0 Å². The van der Waals surface area contributed by atoms with E-state index in [4.69, 9.17) is 10.8 Å². The van der Waals surface area contributed by atoms with E-state index in [0.717, 1.165) is 50.0 Å². The lowest BCUT2D eigenvalue weighted by Crippen LogP contribution is -2.42. The van der Waals surface area contributed by atoms with Crippen LogP contribution in [0, 0.1) is 10.8 Å². The molecular formula is C16H23N5OS2. The van der Waals surface area contributed by atoms with Crippen molar-refractivity contribution in [2.45, 2.75) is 13.0 Å². The number of hydrogen-bond acceptors (Lipinski definition) is 7. The smallest absolute Gasteiger partial charge is 0.230 e. The highest BCUT2D eigenvalue weighted by molar-refractivity contribution is 8.27. The molecule has 6 nitrogen and oxygen atoms in total. The summed E-state index contributed by atoms with van der Waals surface area (Å²) >= 11 is 4.87. The second-order valence-electron chi connectivity index (χ2n) is 5.58. The maximum absolute atomic E-state index is 12.0. The maximum atomic E-state index is 12.0. The van der Waals surface area contributed by atoms with Crippen molar-refractivity contribution in [1.82, 2.24) is 15.5 Å². The van der Waals surface area contributed by atoms with Gasteiger partial charge in [-0.1, -0.05) is 24.3 Å². The van der Waals surface area contributed by atoms with E-state index < -0.39 is 0 Å². The summed E-state index contributed by atoms with van der Waals surface area (Å²) in [5.41, 5.74) is 2.13. The third-order valence-electron chi connectivity index (χ3n) is 3.59. The van der Waals surface area contributed by atoms with E-state index in [0.29, 0.717) is 0 Å². The van der Waals surface area contributed by atoms with Crippen LogP contribution in [0.15, 0.2) is 24.3 Å². The minimum atomic E-state index is -0.237. The number of thiol groups is 1. The second kappa shape index (κ2) is 9.83. The minimum absolute atomic E-state index is 0.0315. The number of amidine groups is 1. The molecule has 8 heteroatoms. The van der Waals surface area contributed by atoms with Crippen molar-refractivity contribution in [3.05, 3.63) is 35.4 Å². The van der Waals surface area contributed by atoms with Gasteiger partial charge in [0.25, 0.3) is 0 Å². The highest BCUT2D eigenvalue weighted by atomic mass is 32.2. The van der Waals surface area contributed by atoms with Crippen molar-refractivity contribution in [2.75, 3.05) is 31.9 Å². The summed E-state index contributed by atoms with van der Waals surface area (Å²) in [6, 6.07) is 8.02. The van der Waals surface area contributed by atoms with Crippen molar-refractivity contribution < 1.29 is 4.79 Å².